The van der Waals surface area contributed by atoms with Gasteiger partial charge in [-0.05, 0) is 38.9 Å². The first kappa shape index (κ1) is 21.0. The average Bonchev–Trinajstić information content (AvgIpc) is 2.47. The number of imide groups is 1. The molecule has 1 rings (SSSR count). The van der Waals surface area contributed by atoms with Crippen LogP contribution < -0.4 is 0 Å². The first-order valence-electron chi connectivity index (χ1n) is 8.19. The van der Waals surface area contributed by atoms with Crippen molar-refractivity contribution < 1.29 is 31.9 Å². The molecule has 0 N–H and O–H groups in total. The van der Waals surface area contributed by atoms with Crippen LogP contribution in [0.3, 0.4) is 0 Å². The molecular formula is C15H26F3NO4Si. The molecule has 0 spiro atoms. The molecule has 24 heavy (non-hydrogen) atoms. The molecule has 0 unspecified atom stereocenters. The maximum Gasteiger partial charge on any atom is 0.417 e. The Kier molecular flexibility index (Phi) is 6.14. The Labute approximate surface area is 141 Å². The normalized spacial score (nSPS) is 25.0. The number of amides is 2. The lowest BCUT2D eigenvalue weighted by molar-refractivity contribution is -0.255. The number of hydrogen-bond donors (Lipinski definition) is 0. The molecule has 140 valence electrons. The van der Waals surface area contributed by atoms with Gasteiger partial charge in [0.25, 0.3) is 5.91 Å². The van der Waals surface area contributed by atoms with Gasteiger partial charge in [-0.3, -0.25) is 4.79 Å². The quantitative estimate of drug-likeness (QED) is 0.523. The molecule has 2 atom stereocenters. The van der Waals surface area contributed by atoms with Gasteiger partial charge in [0.15, 0.2) is 20.0 Å². The van der Waals surface area contributed by atoms with Crippen molar-refractivity contribution in [2.45, 2.75) is 83.6 Å². The molecule has 0 aromatic heterocycles. The highest BCUT2D eigenvalue weighted by Crippen LogP contribution is 2.47. The number of carbonyl (C=O) groups is 2. The highest BCUT2D eigenvalue weighted by molar-refractivity contribution is 6.73. The van der Waals surface area contributed by atoms with Crippen molar-refractivity contribution in [2.75, 3.05) is 0 Å². The molecule has 0 saturated carbocycles. The lowest BCUT2D eigenvalue weighted by atomic mass is 9.84. The van der Waals surface area contributed by atoms with Crippen LogP contribution in [-0.4, -0.2) is 49.1 Å². The van der Waals surface area contributed by atoms with Gasteiger partial charge in [-0.1, -0.05) is 20.8 Å². The topological polar surface area (TPSA) is 55.8 Å². The number of alkyl halides is 3. The van der Waals surface area contributed by atoms with Crippen LogP contribution in [0.15, 0.2) is 0 Å². The van der Waals surface area contributed by atoms with Gasteiger partial charge in [0, 0.05) is 0 Å². The minimum absolute atomic E-state index is 0.139. The monoisotopic (exact) mass is 369 g/mol. The van der Waals surface area contributed by atoms with Gasteiger partial charge in [-0.25, -0.2) is 9.69 Å². The molecule has 0 aromatic carbocycles. The lowest BCUT2D eigenvalue weighted by Crippen LogP contribution is -2.80. The zero-order chi connectivity index (χ0) is 18.9. The summed E-state index contributed by atoms with van der Waals surface area (Å²) < 4.78 is 51.3. The van der Waals surface area contributed by atoms with E-state index in [4.69, 9.17) is 9.16 Å². The van der Waals surface area contributed by atoms with Crippen molar-refractivity contribution in [3.05, 3.63) is 0 Å². The van der Waals surface area contributed by atoms with Crippen LogP contribution in [0.4, 0.5) is 18.0 Å². The molecule has 1 heterocycles. The number of β-lactam (4-membered cyclic amide) rings is 1. The Morgan fingerprint density at radius 2 is 1.71 bits per heavy atom. The smallest absolute Gasteiger partial charge is 0.417 e. The van der Waals surface area contributed by atoms with E-state index in [-0.39, 0.29) is 4.90 Å². The largest absolute Gasteiger partial charge is 0.446 e. The first-order chi connectivity index (χ1) is 10.9. The van der Waals surface area contributed by atoms with Crippen molar-refractivity contribution in [2.24, 2.45) is 0 Å². The van der Waals surface area contributed by atoms with E-state index in [9.17, 15) is 22.8 Å². The van der Waals surface area contributed by atoms with Crippen molar-refractivity contribution in [3.8, 4) is 0 Å². The minimum Gasteiger partial charge on any atom is -0.446 e. The number of nitrogens with zero attached hydrogens (tertiary/aromatic N) is 1. The summed E-state index contributed by atoms with van der Waals surface area (Å²) in [6.45, 7) is 9.72. The van der Waals surface area contributed by atoms with Crippen LogP contribution in [0.2, 0.25) is 18.1 Å². The van der Waals surface area contributed by atoms with Gasteiger partial charge in [0.05, 0.1) is 6.10 Å². The van der Waals surface area contributed by atoms with E-state index in [0.717, 1.165) is 6.92 Å². The number of halogens is 3. The summed E-state index contributed by atoms with van der Waals surface area (Å²) in [6, 6.07) is -0.516. The summed E-state index contributed by atoms with van der Waals surface area (Å²) in [4.78, 5) is 24.5. The minimum atomic E-state index is -4.78. The number of hydrogen-bond acceptors (Lipinski definition) is 4. The molecule has 5 nitrogen and oxygen atoms in total. The Balaban J connectivity index is 3.19. The predicted octanol–water partition coefficient (Wildman–Crippen LogP) is 4.09. The Morgan fingerprint density at radius 3 is 2.04 bits per heavy atom. The number of carbonyl (C=O) groups excluding carboxylic acids is 2. The van der Waals surface area contributed by atoms with Gasteiger partial charge in [-0.2, -0.15) is 13.2 Å². The molecule has 2 amide bonds. The van der Waals surface area contributed by atoms with E-state index in [1.807, 2.05) is 20.8 Å². The average molecular weight is 369 g/mol. The van der Waals surface area contributed by atoms with Crippen LogP contribution >= 0.6 is 0 Å². The third-order valence-corrected chi connectivity index (χ3v) is 9.35. The standard InChI is InChI=1S/C15H26F3NO4Si/c1-7-24(8-2,9-3)23-14(6)11(15(16,17)18)19(12(14)20)13(21)22-10(4)5/h10-11H,7-9H2,1-6H3/t11-,14-/m1/s1. The Morgan fingerprint density at radius 1 is 1.25 bits per heavy atom. The van der Waals surface area contributed by atoms with Crippen LogP contribution in [0.1, 0.15) is 41.5 Å². The summed E-state index contributed by atoms with van der Waals surface area (Å²) in [7, 11) is -2.48. The van der Waals surface area contributed by atoms with E-state index < -0.39 is 44.2 Å². The fourth-order valence-corrected chi connectivity index (χ4v) is 6.11. The van der Waals surface area contributed by atoms with Gasteiger partial charge in [-0.15, -0.1) is 0 Å². The third-order valence-electron chi connectivity index (χ3n) is 4.63. The van der Waals surface area contributed by atoms with Crippen LogP contribution in [0.5, 0.6) is 0 Å². The Hall–Kier alpha value is -1.09. The summed E-state index contributed by atoms with van der Waals surface area (Å²) in [5.41, 5.74) is -2.07. The molecule has 1 fully saturated rings. The summed E-state index contributed by atoms with van der Waals surface area (Å²) in [5, 5.41) is 0. The van der Waals surface area contributed by atoms with E-state index in [0.29, 0.717) is 18.1 Å². The van der Waals surface area contributed by atoms with Crippen LogP contribution in [-0.2, 0) is 14.0 Å². The second kappa shape index (κ2) is 7.03. The van der Waals surface area contributed by atoms with E-state index in [1.54, 1.807) is 0 Å². The summed E-state index contributed by atoms with van der Waals surface area (Å²) in [6.07, 6.45) is -6.69. The van der Waals surface area contributed by atoms with Gasteiger partial charge < -0.3 is 9.16 Å². The van der Waals surface area contributed by atoms with Gasteiger partial charge >= 0.3 is 12.3 Å². The van der Waals surface area contributed by atoms with E-state index >= 15 is 0 Å². The van der Waals surface area contributed by atoms with Crippen molar-refractivity contribution in [3.63, 3.8) is 0 Å². The maximum atomic E-state index is 13.5. The van der Waals surface area contributed by atoms with Gasteiger partial charge in [0.1, 0.15) is 0 Å². The molecular weight excluding hydrogens is 343 g/mol. The second-order valence-corrected chi connectivity index (χ2v) is 11.2. The molecule has 9 heteroatoms. The fourth-order valence-electron chi connectivity index (χ4n) is 3.07. The van der Waals surface area contributed by atoms with E-state index in [2.05, 4.69) is 0 Å². The van der Waals surface area contributed by atoms with Crippen molar-refractivity contribution in [1.82, 2.24) is 4.90 Å². The summed E-state index contributed by atoms with van der Waals surface area (Å²) >= 11 is 0. The highest BCUT2D eigenvalue weighted by atomic mass is 28.4. The molecule has 1 aliphatic heterocycles. The zero-order valence-electron chi connectivity index (χ0n) is 15.0. The zero-order valence-corrected chi connectivity index (χ0v) is 16.0. The second-order valence-electron chi connectivity index (χ2n) is 6.50. The van der Waals surface area contributed by atoms with E-state index in [1.165, 1.54) is 13.8 Å². The first-order valence-corrected chi connectivity index (χ1v) is 10.7. The predicted molar refractivity (Wildman–Crippen MR) is 85.0 cm³/mol. The molecule has 0 bridgehead atoms. The molecule has 1 aliphatic rings. The van der Waals surface area contributed by atoms with Crippen molar-refractivity contribution in [1.29, 1.82) is 0 Å². The number of likely N-dealkylation sites (tertiary alicyclic amines) is 1. The van der Waals surface area contributed by atoms with Gasteiger partial charge in [0.2, 0.25) is 0 Å². The molecule has 1 saturated heterocycles. The molecule has 0 aromatic rings. The third kappa shape index (κ3) is 3.61. The summed E-state index contributed by atoms with van der Waals surface area (Å²) in [5.74, 6) is -0.984. The van der Waals surface area contributed by atoms with Crippen LogP contribution in [0, 0.1) is 0 Å². The van der Waals surface area contributed by atoms with Crippen molar-refractivity contribution >= 4 is 20.3 Å². The fraction of sp³-hybridized carbons (Fsp3) is 0.867. The highest BCUT2D eigenvalue weighted by Gasteiger charge is 2.73. The molecule has 0 radical (unpaired) electrons. The number of rotatable bonds is 6. The maximum absolute atomic E-state index is 13.5. The SMILES string of the molecule is CC[Si](CC)(CC)O[C@@]1(C)C(=O)N(C(=O)OC(C)C)[C@H]1C(F)(F)F. The number of ether oxygens (including phenoxy) is 1. The molecule has 0 aliphatic carbocycles. The van der Waals surface area contributed by atoms with Crippen LogP contribution in [0.25, 0.3) is 0 Å². The Bertz CT molecular complexity index is 485. The lowest BCUT2D eigenvalue weighted by Gasteiger charge is -2.55.